The van der Waals surface area contributed by atoms with E-state index >= 15 is 0 Å². The normalized spacial score (nSPS) is 21.9. The predicted octanol–water partition coefficient (Wildman–Crippen LogP) is -1.10. The number of aromatic nitrogens is 3. The maximum atomic E-state index is 12.6. The number of fused-ring (bicyclic) bond motifs is 1. The lowest BCUT2D eigenvalue weighted by molar-refractivity contribution is 0.327. The molecule has 3 heterocycles. The van der Waals surface area contributed by atoms with Crippen molar-refractivity contribution in [2.45, 2.75) is 24.3 Å². The highest BCUT2D eigenvalue weighted by molar-refractivity contribution is 7.89. The largest absolute Gasteiger partial charge is 0.329 e. The predicted molar refractivity (Wildman–Crippen MR) is 88.4 cm³/mol. The first-order valence-corrected chi connectivity index (χ1v) is 9.10. The van der Waals surface area contributed by atoms with Crippen molar-refractivity contribution in [3.63, 3.8) is 0 Å². The van der Waals surface area contributed by atoms with Gasteiger partial charge < -0.3 is 5.32 Å². The molecule has 0 aromatic carbocycles. The number of aryl methyl sites for hydroxylation is 1. The Morgan fingerprint density at radius 1 is 1.38 bits per heavy atom. The highest BCUT2D eigenvalue weighted by atomic mass is 32.2. The van der Waals surface area contributed by atoms with Crippen molar-refractivity contribution in [3.8, 4) is 0 Å². The van der Waals surface area contributed by atoms with E-state index in [4.69, 9.17) is 0 Å². The van der Waals surface area contributed by atoms with Crippen LogP contribution in [0.5, 0.6) is 0 Å². The number of aromatic amines is 1. The average molecular weight is 353 g/mol. The van der Waals surface area contributed by atoms with Gasteiger partial charge in [0.1, 0.15) is 10.5 Å². The van der Waals surface area contributed by atoms with Crippen LogP contribution in [0.4, 0.5) is 0 Å². The van der Waals surface area contributed by atoms with Gasteiger partial charge in [0, 0.05) is 25.8 Å². The number of nitrogens with one attached hydrogen (secondary N) is 3. The third-order valence-corrected chi connectivity index (χ3v) is 5.83. The quantitative estimate of drug-likeness (QED) is 0.643. The maximum absolute atomic E-state index is 12.6. The van der Waals surface area contributed by atoms with Crippen LogP contribution in [-0.4, -0.2) is 42.1 Å². The molecule has 1 aliphatic heterocycles. The summed E-state index contributed by atoms with van der Waals surface area (Å²) in [4.78, 5) is 29.5. The van der Waals surface area contributed by atoms with Crippen LogP contribution in [-0.2, 0) is 17.1 Å². The van der Waals surface area contributed by atoms with E-state index < -0.39 is 21.3 Å². The number of sulfonamides is 1. The molecule has 130 valence electrons. The smallest absolute Gasteiger partial charge is 0.315 e. The molecule has 3 rings (SSSR count). The van der Waals surface area contributed by atoms with E-state index in [2.05, 4.69) is 20.0 Å². The molecule has 1 saturated heterocycles. The minimum Gasteiger partial charge on any atom is -0.315 e. The molecule has 2 unspecified atom stereocenters. The third kappa shape index (κ3) is 2.99. The van der Waals surface area contributed by atoms with Gasteiger partial charge in [-0.3, -0.25) is 14.3 Å². The van der Waals surface area contributed by atoms with Crippen LogP contribution in [0, 0.1) is 5.92 Å². The summed E-state index contributed by atoms with van der Waals surface area (Å²) < 4.78 is 29.0. The molecule has 1 aliphatic rings. The van der Waals surface area contributed by atoms with Crippen molar-refractivity contribution >= 4 is 21.1 Å². The van der Waals surface area contributed by atoms with Gasteiger partial charge in [0.25, 0.3) is 5.56 Å². The number of H-pyrrole nitrogens is 1. The zero-order valence-electron chi connectivity index (χ0n) is 13.4. The lowest BCUT2D eigenvalue weighted by atomic mass is 9.96. The summed E-state index contributed by atoms with van der Waals surface area (Å²) >= 11 is 0. The van der Waals surface area contributed by atoms with Crippen LogP contribution >= 0.6 is 0 Å². The minimum atomic E-state index is -3.82. The fraction of sp³-hybridized carbons (Fsp3) is 0.500. The highest BCUT2D eigenvalue weighted by Gasteiger charge is 2.27. The molecule has 9 nitrogen and oxygen atoms in total. The van der Waals surface area contributed by atoms with Crippen molar-refractivity contribution in [2.75, 3.05) is 13.1 Å². The van der Waals surface area contributed by atoms with Gasteiger partial charge in [-0.2, -0.15) is 0 Å². The summed E-state index contributed by atoms with van der Waals surface area (Å²) in [6.45, 7) is 3.41. The van der Waals surface area contributed by atoms with E-state index in [1.54, 1.807) is 0 Å². The van der Waals surface area contributed by atoms with Gasteiger partial charge in [0.05, 0.1) is 5.39 Å². The van der Waals surface area contributed by atoms with Gasteiger partial charge in [-0.1, -0.05) is 6.92 Å². The Bertz CT molecular complexity index is 994. The van der Waals surface area contributed by atoms with E-state index in [-0.39, 0.29) is 27.9 Å². The Labute approximate surface area is 138 Å². The van der Waals surface area contributed by atoms with Crippen molar-refractivity contribution in [1.29, 1.82) is 0 Å². The number of rotatable bonds is 3. The fourth-order valence-electron chi connectivity index (χ4n) is 2.78. The van der Waals surface area contributed by atoms with Crippen LogP contribution in [0.2, 0.25) is 0 Å². The molecule has 2 atom stereocenters. The SMILES string of the molecule is CC1CCNCC1NS(=O)(=O)c1cnc2c(c1)c(=O)[nH]c(=O)n2C. The molecule has 10 heteroatoms. The number of nitrogens with zero attached hydrogens (tertiary/aromatic N) is 2. The van der Waals surface area contributed by atoms with E-state index in [9.17, 15) is 18.0 Å². The lowest BCUT2D eigenvalue weighted by Crippen LogP contribution is -2.50. The molecule has 0 aliphatic carbocycles. The molecule has 0 spiro atoms. The fourth-order valence-corrected chi connectivity index (χ4v) is 4.09. The summed E-state index contributed by atoms with van der Waals surface area (Å²) in [5, 5.41) is 3.21. The van der Waals surface area contributed by atoms with Crippen LogP contribution in [0.25, 0.3) is 11.0 Å². The average Bonchev–Trinajstić information content (AvgIpc) is 2.54. The number of hydrogen-bond acceptors (Lipinski definition) is 6. The Morgan fingerprint density at radius 2 is 2.12 bits per heavy atom. The highest BCUT2D eigenvalue weighted by Crippen LogP contribution is 2.17. The monoisotopic (exact) mass is 353 g/mol. The molecule has 0 radical (unpaired) electrons. The van der Waals surface area contributed by atoms with Gasteiger partial charge in [0.15, 0.2) is 0 Å². The molecule has 24 heavy (non-hydrogen) atoms. The van der Waals surface area contributed by atoms with Crippen LogP contribution < -0.4 is 21.3 Å². The Hall–Kier alpha value is -2.04. The molecule has 0 saturated carbocycles. The molecule has 1 fully saturated rings. The Kier molecular flexibility index (Phi) is 4.28. The molecular formula is C14H19N5O4S. The van der Waals surface area contributed by atoms with Crippen LogP contribution in [0.1, 0.15) is 13.3 Å². The van der Waals surface area contributed by atoms with Crippen molar-refractivity contribution in [3.05, 3.63) is 33.1 Å². The summed E-state index contributed by atoms with van der Waals surface area (Å²) in [5.41, 5.74) is -1.13. The molecule has 0 amide bonds. The zero-order chi connectivity index (χ0) is 17.5. The van der Waals surface area contributed by atoms with Gasteiger partial charge in [0.2, 0.25) is 10.0 Å². The van der Waals surface area contributed by atoms with Gasteiger partial charge >= 0.3 is 5.69 Å². The summed E-state index contributed by atoms with van der Waals surface area (Å²) in [7, 11) is -2.36. The standard InChI is InChI=1S/C14H19N5O4S/c1-8-3-4-15-7-11(8)18-24(22,23)9-5-10-12(16-6-9)19(2)14(21)17-13(10)20/h5-6,8,11,15,18H,3-4,7H2,1-2H3,(H,17,20,21). The molecule has 0 bridgehead atoms. The topological polar surface area (TPSA) is 126 Å². The van der Waals surface area contributed by atoms with Crippen molar-refractivity contribution in [1.82, 2.24) is 24.6 Å². The van der Waals surface area contributed by atoms with E-state index in [1.165, 1.54) is 13.1 Å². The second-order valence-electron chi connectivity index (χ2n) is 6.06. The van der Waals surface area contributed by atoms with Crippen LogP contribution in [0.15, 0.2) is 26.7 Å². The number of piperidine rings is 1. The first-order valence-electron chi connectivity index (χ1n) is 7.62. The summed E-state index contributed by atoms with van der Waals surface area (Å²) in [6, 6.07) is 1.02. The summed E-state index contributed by atoms with van der Waals surface area (Å²) in [5.74, 6) is 0.207. The Balaban J connectivity index is 2.02. The van der Waals surface area contributed by atoms with Crippen molar-refractivity contribution in [2.24, 2.45) is 13.0 Å². The second-order valence-corrected chi connectivity index (χ2v) is 7.77. The number of pyridine rings is 1. The molecular weight excluding hydrogens is 334 g/mol. The zero-order valence-corrected chi connectivity index (χ0v) is 14.2. The second kappa shape index (κ2) is 6.11. The minimum absolute atomic E-state index is 0.0507. The molecule has 2 aromatic heterocycles. The first-order chi connectivity index (χ1) is 11.3. The maximum Gasteiger partial charge on any atom is 0.329 e. The first kappa shape index (κ1) is 16.8. The van der Waals surface area contributed by atoms with E-state index in [0.29, 0.717) is 6.54 Å². The van der Waals surface area contributed by atoms with Gasteiger partial charge in [-0.05, 0) is 24.9 Å². The van der Waals surface area contributed by atoms with Gasteiger partial charge in [-0.15, -0.1) is 0 Å². The third-order valence-electron chi connectivity index (χ3n) is 4.37. The summed E-state index contributed by atoms with van der Waals surface area (Å²) in [6.07, 6.45) is 2.04. The Morgan fingerprint density at radius 3 is 2.83 bits per heavy atom. The molecule has 3 N–H and O–H groups in total. The van der Waals surface area contributed by atoms with Crippen molar-refractivity contribution < 1.29 is 8.42 Å². The number of hydrogen-bond donors (Lipinski definition) is 3. The molecule has 2 aromatic rings. The van der Waals surface area contributed by atoms with E-state index in [1.807, 2.05) is 6.92 Å². The lowest BCUT2D eigenvalue weighted by Gasteiger charge is -2.29. The van der Waals surface area contributed by atoms with Crippen LogP contribution in [0.3, 0.4) is 0 Å². The van der Waals surface area contributed by atoms with Gasteiger partial charge in [-0.25, -0.2) is 22.9 Å². The van der Waals surface area contributed by atoms with E-state index in [0.717, 1.165) is 23.7 Å².